The Labute approximate surface area is 89.5 Å². The number of carbonyl (C=O) groups is 1. The van der Waals surface area contributed by atoms with Crippen molar-refractivity contribution in [1.29, 1.82) is 5.26 Å². The van der Waals surface area contributed by atoms with Gasteiger partial charge in [0, 0.05) is 7.11 Å². The zero-order valence-electron chi connectivity index (χ0n) is 9.08. The first kappa shape index (κ1) is 11.7. The van der Waals surface area contributed by atoms with Gasteiger partial charge in [0.15, 0.2) is 0 Å². The zero-order chi connectivity index (χ0) is 11.3. The molecule has 1 aliphatic carbocycles. The van der Waals surface area contributed by atoms with Crippen LogP contribution in [0.2, 0.25) is 0 Å². The molecule has 0 aromatic carbocycles. The van der Waals surface area contributed by atoms with Crippen molar-refractivity contribution in [3.8, 4) is 6.07 Å². The number of hydrogen-bond donors (Lipinski definition) is 0. The maximum Gasteiger partial charge on any atom is 0.348 e. The van der Waals surface area contributed by atoms with Gasteiger partial charge in [-0.25, -0.2) is 4.79 Å². The number of esters is 1. The van der Waals surface area contributed by atoms with Gasteiger partial charge in [-0.2, -0.15) is 5.26 Å². The van der Waals surface area contributed by atoms with Crippen LogP contribution in [0.4, 0.5) is 0 Å². The van der Waals surface area contributed by atoms with Gasteiger partial charge in [-0.05, 0) is 31.3 Å². The summed E-state index contributed by atoms with van der Waals surface area (Å²) in [5.74, 6) is -0.525. The van der Waals surface area contributed by atoms with Crippen molar-refractivity contribution in [2.75, 3.05) is 14.2 Å². The molecule has 0 N–H and O–H groups in total. The van der Waals surface area contributed by atoms with E-state index in [2.05, 4.69) is 4.74 Å². The molecule has 0 amide bonds. The lowest BCUT2D eigenvalue weighted by Gasteiger charge is -2.22. The van der Waals surface area contributed by atoms with Crippen LogP contribution >= 0.6 is 0 Å². The summed E-state index contributed by atoms with van der Waals surface area (Å²) < 4.78 is 9.78. The first-order valence-corrected chi connectivity index (χ1v) is 4.96. The van der Waals surface area contributed by atoms with Crippen molar-refractivity contribution in [1.82, 2.24) is 0 Å². The molecule has 1 aliphatic rings. The fourth-order valence-electron chi connectivity index (χ4n) is 1.80. The average Bonchev–Trinajstić information content (AvgIpc) is 2.30. The van der Waals surface area contributed by atoms with E-state index in [1.165, 1.54) is 7.11 Å². The third kappa shape index (κ3) is 2.80. The van der Waals surface area contributed by atoms with Crippen LogP contribution in [0.1, 0.15) is 25.7 Å². The molecule has 0 heterocycles. The SMILES string of the molecule is COC(=O)C(C#N)=C1CCC(OC)CC1. The number of rotatable bonds is 2. The second-order valence-corrected chi connectivity index (χ2v) is 3.52. The van der Waals surface area contributed by atoms with E-state index in [-0.39, 0.29) is 11.7 Å². The minimum Gasteiger partial charge on any atom is -0.465 e. The van der Waals surface area contributed by atoms with E-state index in [9.17, 15) is 4.79 Å². The van der Waals surface area contributed by atoms with Gasteiger partial charge in [-0.3, -0.25) is 0 Å². The van der Waals surface area contributed by atoms with Gasteiger partial charge in [-0.15, -0.1) is 0 Å². The van der Waals surface area contributed by atoms with Crippen LogP contribution in [-0.2, 0) is 14.3 Å². The largest absolute Gasteiger partial charge is 0.465 e. The third-order valence-electron chi connectivity index (χ3n) is 2.72. The molecular weight excluding hydrogens is 194 g/mol. The molecule has 0 spiro atoms. The molecule has 0 aliphatic heterocycles. The Morgan fingerprint density at radius 3 is 2.40 bits per heavy atom. The average molecular weight is 209 g/mol. The molecule has 0 radical (unpaired) electrons. The number of hydrogen-bond acceptors (Lipinski definition) is 4. The van der Waals surface area contributed by atoms with E-state index in [0.717, 1.165) is 31.3 Å². The van der Waals surface area contributed by atoms with Crippen molar-refractivity contribution in [2.45, 2.75) is 31.8 Å². The molecule has 0 saturated heterocycles. The molecule has 1 rings (SSSR count). The monoisotopic (exact) mass is 209 g/mol. The van der Waals surface area contributed by atoms with Crippen molar-refractivity contribution < 1.29 is 14.3 Å². The fraction of sp³-hybridized carbons (Fsp3) is 0.636. The van der Waals surface area contributed by atoms with E-state index < -0.39 is 5.97 Å². The highest BCUT2D eigenvalue weighted by Crippen LogP contribution is 2.27. The van der Waals surface area contributed by atoms with Crippen molar-refractivity contribution >= 4 is 5.97 Å². The second kappa shape index (κ2) is 5.52. The summed E-state index contributed by atoms with van der Waals surface area (Å²) in [6, 6.07) is 1.92. The normalized spacial score (nSPS) is 20.6. The Hall–Kier alpha value is -1.34. The van der Waals surface area contributed by atoms with E-state index in [0.29, 0.717) is 0 Å². The van der Waals surface area contributed by atoms with Crippen LogP contribution in [0.25, 0.3) is 0 Å². The van der Waals surface area contributed by atoms with Gasteiger partial charge in [0.05, 0.1) is 13.2 Å². The molecular formula is C11H15NO3. The first-order chi connectivity index (χ1) is 7.22. The predicted octanol–water partition coefficient (Wildman–Crippen LogP) is 1.57. The molecule has 82 valence electrons. The Morgan fingerprint density at radius 1 is 1.40 bits per heavy atom. The summed E-state index contributed by atoms with van der Waals surface area (Å²) in [7, 11) is 2.98. The minimum atomic E-state index is -0.525. The number of methoxy groups -OCH3 is 2. The Balaban J connectivity index is 2.74. The number of carbonyl (C=O) groups excluding carboxylic acids is 1. The third-order valence-corrected chi connectivity index (χ3v) is 2.72. The summed E-state index contributed by atoms with van der Waals surface area (Å²) in [5.41, 5.74) is 1.07. The fourth-order valence-corrected chi connectivity index (χ4v) is 1.80. The molecule has 1 fully saturated rings. The number of nitrogens with zero attached hydrogens (tertiary/aromatic N) is 1. The smallest absolute Gasteiger partial charge is 0.348 e. The standard InChI is InChI=1S/C11H15NO3/c1-14-9-5-3-8(4-6-9)10(7-12)11(13)15-2/h9H,3-6H2,1-2H3. The van der Waals surface area contributed by atoms with Crippen LogP contribution < -0.4 is 0 Å². The summed E-state index contributed by atoms with van der Waals surface area (Å²) in [5, 5.41) is 8.86. The molecule has 0 aromatic rings. The van der Waals surface area contributed by atoms with Gasteiger partial charge in [0.2, 0.25) is 0 Å². The Bertz CT molecular complexity index is 304. The summed E-state index contributed by atoms with van der Waals surface area (Å²) in [4.78, 5) is 11.3. The highest BCUT2D eigenvalue weighted by molar-refractivity contribution is 5.93. The molecule has 0 bridgehead atoms. The summed E-state index contributed by atoms with van der Waals surface area (Å²) in [6.07, 6.45) is 3.49. The quantitative estimate of drug-likeness (QED) is 0.393. The van der Waals surface area contributed by atoms with Crippen LogP contribution in [0.15, 0.2) is 11.1 Å². The van der Waals surface area contributed by atoms with Crippen LogP contribution in [-0.4, -0.2) is 26.3 Å². The molecule has 1 saturated carbocycles. The maximum absolute atomic E-state index is 11.3. The summed E-state index contributed by atoms with van der Waals surface area (Å²) in [6.45, 7) is 0. The molecule has 0 atom stereocenters. The second-order valence-electron chi connectivity index (χ2n) is 3.52. The minimum absolute atomic E-state index is 0.173. The molecule has 0 unspecified atom stereocenters. The van der Waals surface area contributed by atoms with Gasteiger partial charge >= 0.3 is 5.97 Å². The lowest BCUT2D eigenvalue weighted by Crippen LogP contribution is -2.18. The van der Waals surface area contributed by atoms with Crippen molar-refractivity contribution in [3.05, 3.63) is 11.1 Å². The van der Waals surface area contributed by atoms with E-state index in [1.54, 1.807) is 7.11 Å². The highest BCUT2D eigenvalue weighted by Gasteiger charge is 2.22. The summed E-state index contributed by atoms with van der Waals surface area (Å²) >= 11 is 0. The zero-order valence-corrected chi connectivity index (χ0v) is 9.08. The first-order valence-electron chi connectivity index (χ1n) is 4.96. The topological polar surface area (TPSA) is 59.3 Å². The van der Waals surface area contributed by atoms with Gasteiger partial charge in [0.25, 0.3) is 0 Å². The molecule has 4 heteroatoms. The lowest BCUT2D eigenvalue weighted by atomic mass is 9.89. The Kier molecular flexibility index (Phi) is 4.32. The van der Waals surface area contributed by atoms with Crippen LogP contribution in [0.3, 0.4) is 0 Å². The van der Waals surface area contributed by atoms with E-state index in [1.807, 2.05) is 6.07 Å². The van der Waals surface area contributed by atoms with Gasteiger partial charge in [0.1, 0.15) is 11.6 Å². The van der Waals surface area contributed by atoms with Crippen molar-refractivity contribution in [3.63, 3.8) is 0 Å². The molecule has 4 nitrogen and oxygen atoms in total. The number of allylic oxidation sites excluding steroid dienone is 1. The van der Waals surface area contributed by atoms with Crippen LogP contribution in [0.5, 0.6) is 0 Å². The highest BCUT2D eigenvalue weighted by atomic mass is 16.5. The van der Waals surface area contributed by atoms with Crippen LogP contribution in [0, 0.1) is 11.3 Å². The number of ether oxygens (including phenoxy) is 2. The number of nitriles is 1. The maximum atomic E-state index is 11.3. The van der Waals surface area contributed by atoms with Crippen molar-refractivity contribution in [2.24, 2.45) is 0 Å². The lowest BCUT2D eigenvalue weighted by molar-refractivity contribution is -0.135. The van der Waals surface area contributed by atoms with E-state index in [4.69, 9.17) is 10.00 Å². The molecule has 0 aromatic heterocycles. The predicted molar refractivity (Wildman–Crippen MR) is 53.9 cm³/mol. The van der Waals surface area contributed by atoms with Gasteiger partial charge in [-0.1, -0.05) is 0 Å². The molecule has 15 heavy (non-hydrogen) atoms. The Morgan fingerprint density at radius 2 is 2.00 bits per heavy atom. The van der Waals surface area contributed by atoms with E-state index >= 15 is 0 Å². The van der Waals surface area contributed by atoms with Gasteiger partial charge < -0.3 is 9.47 Å².